The van der Waals surface area contributed by atoms with Crippen molar-refractivity contribution >= 4 is 24.5 Å². The van der Waals surface area contributed by atoms with Crippen molar-refractivity contribution in [1.82, 2.24) is 29.1 Å². The minimum absolute atomic E-state index is 0.102. The second-order valence-electron chi connectivity index (χ2n) is 8.14. The van der Waals surface area contributed by atoms with Gasteiger partial charge in [-0.2, -0.15) is 0 Å². The Morgan fingerprint density at radius 2 is 2.00 bits per heavy atom. The first kappa shape index (κ1) is 22.1. The van der Waals surface area contributed by atoms with Gasteiger partial charge < -0.3 is 15.0 Å². The second-order valence-corrected chi connectivity index (χ2v) is 11.4. The number of nitrogens with zero attached hydrogens (tertiary/aromatic N) is 6. The van der Waals surface area contributed by atoms with Gasteiger partial charge >= 0.3 is 0 Å². The van der Waals surface area contributed by atoms with Crippen LogP contribution in [0.5, 0.6) is 0 Å². The minimum atomic E-state index is -2.92. The number of rotatable bonds is 7. The Hall–Kier alpha value is -1.58. The lowest BCUT2D eigenvalue weighted by Gasteiger charge is -2.41. The summed E-state index contributed by atoms with van der Waals surface area (Å²) in [6.07, 6.45) is 2.56. The standard InChI is InChI=1S/C18H32N7O3P/c1-12(2)24-7-14(9-27-29(26,13(3)4)23(5)6)28-15(8-24)25-11-22-16-17(19)20-10-21-18(16)25/h10-15H,7-9H2,1-6H3,(H2,19,20,21). The van der Waals surface area contributed by atoms with Gasteiger partial charge in [0, 0.05) is 24.8 Å². The van der Waals surface area contributed by atoms with Crippen LogP contribution in [0.15, 0.2) is 12.7 Å². The molecule has 29 heavy (non-hydrogen) atoms. The summed E-state index contributed by atoms with van der Waals surface area (Å²) < 4.78 is 29.0. The zero-order chi connectivity index (χ0) is 21.3. The summed E-state index contributed by atoms with van der Waals surface area (Å²) in [4.78, 5) is 15.0. The van der Waals surface area contributed by atoms with Crippen LogP contribution in [-0.2, 0) is 13.8 Å². The van der Waals surface area contributed by atoms with E-state index in [2.05, 4.69) is 33.7 Å². The highest BCUT2D eigenvalue weighted by Crippen LogP contribution is 2.53. The normalized spacial score (nSPS) is 23.3. The number of nitrogen functional groups attached to an aromatic ring is 1. The number of nitrogens with two attached hydrogens (primary N) is 1. The number of imidazole rings is 1. The van der Waals surface area contributed by atoms with Crippen molar-refractivity contribution in [3.05, 3.63) is 12.7 Å². The summed E-state index contributed by atoms with van der Waals surface area (Å²) >= 11 is 0. The highest BCUT2D eigenvalue weighted by Gasteiger charge is 2.36. The van der Waals surface area contributed by atoms with Crippen LogP contribution in [0.3, 0.4) is 0 Å². The molecule has 0 aliphatic carbocycles. The summed E-state index contributed by atoms with van der Waals surface area (Å²) in [5.41, 5.74) is 7.01. The van der Waals surface area contributed by atoms with Gasteiger partial charge in [0.1, 0.15) is 18.1 Å². The van der Waals surface area contributed by atoms with Gasteiger partial charge in [0.15, 0.2) is 11.5 Å². The maximum absolute atomic E-state index is 13.2. The molecule has 2 aromatic heterocycles. The van der Waals surface area contributed by atoms with E-state index in [0.29, 0.717) is 36.1 Å². The molecule has 0 saturated carbocycles. The van der Waals surface area contributed by atoms with Crippen LogP contribution in [0.25, 0.3) is 11.2 Å². The van der Waals surface area contributed by atoms with Crippen molar-refractivity contribution in [3.63, 3.8) is 0 Å². The Morgan fingerprint density at radius 1 is 1.28 bits per heavy atom. The Balaban J connectivity index is 1.82. The SMILES string of the molecule is CC(C)N1CC(COP(=O)(C(C)C)N(C)C)OC(n2cnc3c(N)ncnc32)C1. The van der Waals surface area contributed by atoms with Crippen LogP contribution in [0.2, 0.25) is 0 Å². The molecule has 3 atom stereocenters. The van der Waals surface area contributed by atoms with Crippen molar-refractivity contribution in [2.45, 2.75) is 51.7 Å². The number of fused-ring (bicyclic) bond motifs is 1. The topological polar surface area (TPSA) is 112 Å². The number of morpholine rings is 1. The number of aromatic nitrogens is 4. The summed E-state index contributed by atoms with van der Waals surface area (Å²) in [5.74, 6) is 0.342. The lowest BCUT2D eigenvalue weighted by Crippen LogP contribution is -2.49. The van der Waals surface area contributed by atoms with Crippen LogP contribution in [0, 0.1) is 0 Å². The molecule has 1 fully saturated rings. The van der Waals surface area contributed by atoms with E-state index < -0.39 is 7.52 Å². The smallest absolute Gasteiger partial charge is 0.274 e. The molecule has 3 heterocycles. The molecule has 2 N–H and O–H groups in total. The highest BCUT2D eigenvalue weighted by atomic mass is 31.2. The molecule has 0 amide bonds. The average Bonchev–Trinajstić information content (AvgIpc) is 3.11. The fraction of sp³-hybridized carbons (Fsp3) is 0.722. The molecule has 0 radical (unpaired) electrons. The van der Waals surface area contributed by atoms with E-state index in [9.17, 15) is 4.57 Å². The molecule has 1 aliphatic rings. The van der Waals surface area contributed by atoms with Crippen molar-refractivity contribution in [3.8, 4) is 0 Å². The monoisotopic (exact) mass is 425 g/mol. The van der Waals surface area contributed by atoms with Crippen molar-refractivity contribution < 1.29 is 13.8 Å². The Morgan fingerprint density at radius 3 is 2.62 bits per heavy atom. The van der Waals surface area contributed by atoms with E-state index in [1.807, 2.05) is 18.4 Å². The van der Waals surface area contributed by atoms with Gasteiger partial charge in [0.2, 0.25) is 0 Å². The predicted octanol–water partition coefficient (Wildman–Crippen LogP) is 2.20. The molecule has 0 aromatic carbocycles. The lowest BCUT2D eigenvalue weighted by molar-refractivity contribution is -0.136. The number of hydrogen-bond acceptors (Lipinski definition) is 8. The molecule has 162 valence electrons. The lowest BCUT2D eigenvalue weighted by atomic mass is 10.2. The van der Waals surface area contributed by atoms with E-state index in [4.69, 9.17) is 15.0 Å². The van der Waals surface area contributed by atoms with E-state index in [-0.39, 0.29) is 24.6 Å². The Bertz CT molecular complexity index is 873. The third-order valence-corrected chi connectivity index (χ3v) is 8.20. The zero-order valence-electron chi connectivity index (χ0n) is 18.0. The Labute approximate surface area is 171 Å². The molecule has 2 aromatic rings. The fourth-order valence-corrected chi connectivity index (χ4v) is 5.34. The molecule has 1 saturated heterocycles. The zero-order valence-corrected chi connectivity index (χ0v) is 18.9. The summed E-state index contributed by atoms with van der Waals surface area (Å²) in [6.45, 7) is 9.73. The third kappa shape index (κ3) is 4.46. The van der Waals surface area contributed by atoms with E-state index in [0.717, 1.165) is 0 Å². The average molecular weight is 425 g/mol. The van der Waals surface area contributed by atoms with Crippen molar-refractivity contribution in [2.24, 2.45) is 0 Å². The first-order valence-electron chi connectivity index (χ1n) is 9.88. The maximum Gasteiger partial charge on any atom is 0.274 e. The van der Waals surface area contributed by atoms with Crippen LogP contribution in [-0.4, -0.2) is 80.7 Å². The fourth-order valence-electron chi connectivity index (χ4n) is 3.51. The van der Waals surface area contributed by atoms with Gasteiger partial charge in [-0.05, 0) is 27.9 Å². The molecule has 1 aliphatic heterocycles. The molecule has 10 nitrogen and oxygen atoms in total. The van der Waals surface area contributed by atoms with Gasteiger partial charge in [-0.1, -0.05) is 13.8 Å². The number of hydrogen-bond donors (Lipinski definition) is 1. The molecular formula is C18H32N7O3P. The van der Waals surface area contributed by atoms with Crippen molar-refractivity contribution in [2.75, 3.05) is 39.5 Å². The van der Waals surface area contributed by atoms with Gasteiger partial charge in [0.25, 0.3) is 7.52 Å². The molecule has 3 rings (SSSR count). The maximum atomic E-state index is 13.2. The number of ether oxygens (including phenoxy) is 1. The first-order valence-corrected chi connectivity index (χ1v) is 11.5. The first-order chi connectivity index (χ1) is 13.6. The second kappa shape index (κ2) is 8.65. The van der Waals surface area contributed by atoms with E-state index >= 15 is 0 Å². The third-order valence-electron chi connectivity index (χ3n) is 5.26. The van der Waals surface area contributed by atoms with Gasteiger partial charge in [-0.15, -0.1) is 0 Å². The molecule has 3 unspecified atom stereocenters. The predicted molar refractivity (Wildman–Crippen MR) is 113 cm³/mol. The van der Waals surface area contributed by atoms with Gasteiger partial charge in [-0.3, -0.25) is 14.0 Å². The molecule has 0 bridgehead atoms. The largest absolute Gasteiger partial charge is 0.382 e. The van der Waals surface area contributed by atoms with E-state index in [1.165, 1.54) is 6.33 Å². The quantitative estimate of drug-likeness (QED) is 0.667. The van der Waals surface area contributed by atoms with Crippen LogP contribution < -0.4 is 5.73 Å². The Kier molecular flexibility index (Phi) is 6.60. The summed E-state index contributed by atoms with van der Waals surface area (Å²) in [5, 5.41) is 0. The summed E-state index contributed by atoms with van der Waals surface area (Å²) in [7, 11) is 0.650. The highest BCUT2D eigenvalue weighted by molar-refractivity contribution is 7.57. The van der Waals surface area contributed by atoms with Gasteiger partial charge in [-0.25, -0.2) is 19.6 Å². The summed E-state index contributed by atoms with van der Waals surface area (Å²) in [6, 6.07) is 0.323. The van der Waals surface area contributed by atoms with Crippen molar-refractivity contribution in [1.29, 1.82) is 0 Å². The van der Waals surface area contributed by atoms with Gasteiger partial charge in [0.05, 0.1) is 19.0 Å². The van der Waals surface area contributed by atoms with Crippen LogP contribution >= 0.6 is 7.52 Å². The van der Waals surface area contributed by atoms with Crippen LogP contribution in [0.4, 0.5) is 5.82 Å². The molecule has 11 heteroatoms. The molecule has 0 spiro atoms. The van der Waals surface area contributed by atoms with E-state index in [1.54, 1.807) is 25.1 Å². The molecular weight excluding hydrogens is 393 g/mol. The minimum Gasteiger partial charge on any atom is -0.382 e. The number of anilines is 1. The van der Waals surface area contributed by atoms with Crippen LogP contribution in [0.1, 0.15) is 33.9 Å².